The van der Waals surface area contributed by atoms with Crippen LogP contribution in [0.1, 0.15) is 10.4 Å². The van der Waals surface area contributed by atoms with Gasteiger partial charge in [0.1, 0.15) is 6.04 Å². The van der Waals surface area contributed by atoms with Crippen molar-refractivity contribution in [2.75, 3.05) is 32.2 Å². The number of carbonyl (C=O) groups is 2. The summed E-state index contributed by atoms with van der Waals surface area (Å²) in [5, 5.41) is 12.4. The van der Waals surface area contributed by atoms with Gasteiger partial charge in [0.15, 0.2) is 11.5 Å². The molecule has 0 aliphatic carbocycles. The zero-order chi connectivity index (χ0) is 14.3. The Balaban J connectivity index is 2.10. The number of amides is 2. The number of morpholine rings is 1. The first-order chi connectivity index (χ1) is 9.61. The average Bonchev–Trinajstić information content (AvgIpc) is 2.55. The highest BCUT2D eigenvalue weighted by Gasteiger charge is 2.37. The maximum absolute atomic E-state index is 12.5. The quantitative estimate of drug-likeness (QED) is 0.766. The molecule has 7 heteroatoms. The second-order valence-electron chi connectivity index (χ2n) is 4.65. The van der Waals surface area contributed by atoms with Crippen LogP contribution >= 0.6 is 0 Å². The van der Waals surface area contributed by atoms with Crippen molar-refractivity contribution in [1.82, 2.24) is 4.90 Å². The second-order valence-corrected chi connectivity index (χ2v) is 4.65. The zero-order valence-electron chi connectivity index (χ0n) is 10.9. The van der Waals surface area contributed by atoms with E-state index in [0.717, 1.165) is 0 Å². The smallest absolute Gasteiger partial charge is 0.256 e. The number of phenolic OH excluding ortho intramolecular Hbond substituents is 1. The lowest BCUT2D eigenvalue weighted by atomic mass is 10.1. The van der Waals surface area contributed by atoms with E-state index in [9.17, 15) is 14.7 Å². The first-order valence-electron chi connectivity index (χ1n) is 6.22. The fourth-order valence-corrected chi connectivity index (χ4v) is 2.45. The summed E-state index contributed by atoms with van der Waals surface area (Å²) >= 11 is 0. The van der Waals surface area contributed by atoms with Crippen molar-refractivity contribution in [3.63, 3.8) is 0 Å². The highest BCUT2D eigenvalue weighted by molar-refractivity contribution is 6.10. The molecule has 2 aliphatic heterocycles. The standard InChI is InChI=1S/C13H14N2O5/c1-19-11-4-7-8(5-10(11)16)14-12(17)9-6-20-3-2-15(9)13(7)18/h4-5,9,16H,2-3,6H2,1H3,(H,14,17). The molecule has 1 unspecified atom stereocenters. The summed E-state index contributed by atoms with van der Waals surface area (Å²) in [7, 11) is 1.40. The minimum atomic E-state index is -0.642. The highest BCUT2D eigenvalue weighted by Crippen LogP contribution is 2.35. The molecule has 2 N–H and O–H groups in total. The van der Waals surface area contributed by atoms with Gasteiger partial charge >= 0.3 is 0 Å². The molecular formula is C13H14N2O5. The molecule has 0 bridgehead atoms. The van der Waals surface area contributed by atoms with Gasteiger partial charge in [-0.1, -0.05) is 0 Å². The Labute approximate surface area is 115 Å². The molecule has 1 aromatic rings. The molecule has 20 heavy (non-hydrogen) atoms. The van der Waals surface area contributed by atoms with Crippen molar-refractivity contribution >= 4 is 17.5 Å². The molecule has 1 fully saturated rings. The number of nitrogens with one attached hydrogen (secondary N) is 1. The SMILES string of the molecule is COc1cc2c(cc1O)NC(=O)C1COCCN1C2=O. The summed E-state index contributed by atoms with van der Waals surface area (Å²) in [6, 6.07) is 2.12. The Morgan fingerprint density at radius 3 is 3.00 bits per heavy atom. The molecule has 2 aliphatic rings. The molecule has 2 amide bonds. The van der Waals surface area contributed by atoms with Crippen LogP contribution in [-0.4, -0.2) is 54.7 Å². The number of benzene rings is 1. The van der Waals surface area contributed by atoms with E-state index in [1.807, 2.05) is 0 Å². The Kier molecular flexibility index (Phi) is 2.98. The minimum Gasteiger partial charge on any atom is -0.504 e. The number of ether oxygens (including phenoxy) is 2. The minimum absolute atomic E-state index is 0.129. The van der Waals surface area contributed by atoms with Gasteiger partial charge in [0.2, 0.25) is 5.91 Å². The van der Waals surface area contributed by atoms with E-state index in [1.54, 1.807) is 0 Å². The van der Waals surface area contributed by atoms with Gasteiger partial charge < -0.3 is 24.8 Å². The van der Waals surface area contributed by atoms with Crippen LogP contribution in [-0.2, 0) is 9.53 Å². The van der Waals surface area contributed by atoms with Crippen LogP contribution < -0.4 is 10.1 Å². The lowest BCUT2D eigenvalue weighted by Crippen LogP contribution is -2.52. The van der Waals surface area contributed by atoms with Crippen molar-refractivity contribution in [3.8, 4) is 11.5 Å². The number of phenols is 1. The third-order valence-electron chi connectivity index (χ3n) is 3.50. The summed E-state index contributed by atoms with van der Waals surface area (Å²) in [5.74, 6) is -0.528. The molecule has 3 rings (SSSR count). The molecule has 0 aromatic heterocycles. The number of hydrogen-bond donors (Lipinski definition) is 2. The van der Waals surface area contributed by atoms with Crippen molar-refractivity contribution in [1.29, 1.82) is 0 Å². The van der Waals surface area contributed by atoms with Gasteiger partial charge in [-0.05, 0) is 6.07 Å². The normalized spacial score (nSPS) is 21.6. The maximum atomic E-state index is 12.5. The summed E-state index contributed by atoms with van der Waals surface area (Å²) in [4.78, 5) is 26.1. The molecule has 1 saturated heterocycles. The Morgan fingerprint density at radius 2 is 2.25 bits per heavy atom. The van der Waals surface area contributed by atoms with Crippen molar-refractivity contribution in [2.24, 2.45) is 0 Å². The van der Waals surface area contributed by atoms with Crippen LogP contribution in [0.2, 0.25) is 0 Å². The monoisotopic (exact) mass is 278 g/mol. The number of nitrogens with zero attached hydrogens (tertiary/aromatic N) is 1. The number of carbonyl (C=O) groups excluding carboxylic acids is 2. The largest absolute Gasteiger partial charge is 0.504 e. The van der Waals surface area contributed by atoms with Crippen molar-refractivity contribution in [2.45, 2.75) is 6.04 Å². The fraction of sp³-hybridized carbons (Fsp3) is 0.385. The van der Waals surface area contributed by atoms with E-state index in [2.05, 4.69) is 5.32 Å². The zero-order valence-corrected chi connectivity index (χ0v) is 10.9. The molecule has 2 heterocycles. The van der Waals surface area contributed by atoms with Crippen LogP contribution in [0.15, 0.2) is 12.1 Å². The van der Waals surface area contributed by atoms with Crippen molar-refractivity contribution < 1.29 is 24.2 Å². The Bertz CT molecular complexity index is 586. The summed E-state index contributed by atoms with van der Waals surface area (Å²) in [6.07, 6.45) is 0. The van der Waals surface area contributed by atoms with Crippen LogP contribution in [0, 0.1) is 0 Å². The number of anilines is 1. The summed E-state index contributed by atoms with van der Waals surface area (Å²) in [5.41, 5.74) is 0.588. The molecule has 1 atom stereocenters. The molecule has 1 aromatic carbocycles. The van der Waals surface area contributed by atoms with Gasteiger partial charge in [0, 0.05) is 12.6 Å². The first kappa shape index (κ1) is 12.7. The Hall–Kier alpha value is -2.28. The number of rotatable bonds is 1. The van der Waals surface area contributed by atoms with Crippen LogP contribution in [0.4, 0.5) is 5.69 Å². The molecule has 0 spiro atoms. The topological polar surface area (TPSA) is 88.1 Å². The molecule has 106 valence electrons. The van der Waals surface area contributed by atoms with E-state index in [4.69, 9.17) is 9.47 Å². The summed E-state index contributed by atoms with van der Waals surface area (Å²) in [6.45, 7) is 0.939. The highest BCUT2D eigenvalue weighted by atomic mass is 16.5. The number of fused-ring (bicyclic) bond motifs is 2. The van der Waals surface area contributed by atoms with Gasteiger partial charge in [0.25, 0.3) is 5.91 Å². The van der Waals surface area contributed by atoms with E-state index in [1.165, 1.54) is 24.1 Å². The second kappa shape index (κ2) is 4.68. The van der Waals surface area contributed by atoms with Crippen LogP contribution in [0.5, 0.6) is 11.5 Å². The first-order valence-corrected chi connectivity index (χ1v) is 6.22. The van der Waals surface area contributed by atoms with Gasteiger partial charge in [0.05, 0.1) is 31.6 Å². The van der Waals surface area contributed by atoms with E-state index in [0.29, 0.717) is 18.7 Å². The van der Waals surface area contributed by atoms with Crippen molar-refractivity contribution in [3.05, 3.63) is 17.7 Å². The predicted molar refractivity (Wildman–Crippen MR) is 68.9 cm³/mol. The molecule has 7 nitrogen and oxygen atoms in total. The van der Waals surface area contributed by atoms with Gasteiger partial charge in [-0.2, -0.15) is 0 Å². The number of hydrogen-bond acceptors (Lipinski definition) is 5. The van der Waals surface area contributed by atoms with E-state index >= 15 is 0 Å². The number of methoxy groups -OCH3 is 1. The lowest BCUT2D eigenvalue weighted by molar-refractivity contribution is -0.125. The van der Waals surface area contributed by atoms with Crippen LogP contribution in [0.25, 0.3) is 0 Å². The summed E-state index contributed by atoms with van der Waals surface area (Å²) < 4.78 is 10.3. The molecule has 0 saturated carbocycles. The third-order valence-corrected chi connectivity index (χ3v) is 3.50. The van der Waals surface area contributed by atoms with E-state index in [-0.39, 0.29) is 35.6 Å². The van der Waals surface area contributed by atoms with Gasteiger partial charge in [-0.25, -0.2) is 0 Å². The average molecular weight is 278 g/mol. The Morgan fingerprint density at radius 1 is 1.45 bits per heavy atom. The van der Waals surface area contributed by atoms with E-state index < -0.39 is 6.04 Å². The maximum Gasteiger partial charge on any atom is 0.256 e. The van der Waals surface area contributed by atoms with Gasteiger partial charge in [-0.3, -0.25) is 9.59 Å². The fourth-order valence-electron chi connectivity index (χ4n) is 2.45. The third kappa shape index (κ3) is 1.87. The molecule has 0 radical (unpaired) electrons. The lowest BCUT2D eigenvalue weighted by Gasteiger charge is -2.32. The predicted octanol–water partition coefficient (Wildman–Crippen LogP) is 0.194. The number of aromatic hydroxyl groups is 1. The van der Waals surface area contributed by atoms with Crippen LogP contribution in [0.3, 0.4) is 0 Å². The molecular weight excluding hydrogens is 264 g/mol. The van der Waals surface area contributed by atoms with Gasteiger partial charge in [-0.15, -0.1) is 0 Å².